The number of fused-ring (bicyclic) bond motifs is 2. The first-order valence-corrected chi connectivity index (χ1v) is 17.2. The first kappa shape index (κ1) is 34.4. The van der Waals surface area contributed by atoms with Crippen LogP contribution in [0.1, 0.15) is 12.1 Å². The van der Waals surface area contributed by atoms with E-state index in [2.05, 4.69) is 10.3 Å². The molecule has 0 saturated heterocycles. The lowest BCUT2D eigenvalue weighted by atomic mass is 10.1. The van der Waals surface area contributed by atoms with Crippen molar-refractivity contribution in [3.05, 3.63) is 142 Å². The number of ether oxygens (including phenoxy) is 4. The number of para-hydroxylation sites is 2. The molecule has 0 bridgehead atoms. The summed E-state index contributed by atoms with van der Waals surface area (Å²) >= 11 is 0. The quantitative estimate of drug-likeness (QED) is 0.0922. The fourth-order valence-electron chi connectivity index (χ4n) is 5.63. The maximum Gasteiger partial charge on any atom is 0.193 e. The summed E-state index contributed by atoms with van der Waals surface area (Å²) in [4.78, 5) is 24.8. The largest absolute Gasteiger partial charge is 0.494 e. The van der Waals surface area contributed by atoms with Crippen molar-refractivity contribution < 1.29 is 27.8 Å². The zero-order valence-electron chi connectivity index (χ0n) is 28.4. The highest BCUT2D eigenvalue weighted by Crippen LogP contribution is 2.26. The van der Waals surface area contributed by atoms with E-state index in [-0.39, 0.29) is 10.9 Å². The van der Waals surface area contributed by atoms with E-state index in [0.717, 1.165) is 35.4 Å². The lowest BCUT2D eigenvalue weighted by molar-refractivity contribution is 0.0333. The second-order valence-corrected chi connectivity index (χ2v) is 12.0. The summed E-state index contributed by atoms with van der Waals surface area (Å²) in [5.74, 6) is 2.48. The van der Waals surface area contributed by atoms with Crippen molar-refractivity contribution in [3.63, 3.8) is 0 Å². The molecule has 264 valence electrons. The molecular weight excluding hydrogens is 662 g/mol. The van der Waals surface area contributed by atoms with Gasteiger partial charge in [0.2, 0.25) is 0 Å². The van der Waals surface area contributed by atoms with Gasteiger partial charge >= 0.3 is 0 Å². The Morgan fingerprint density at radius 1 is 0.577 bits per heavy atom. The van der Waals surface area contributed by atoms with E-state index in [1.807, 2.05) is 79.0 Å². The maximum atomic E-state index is 12.4. The van der Waals surface area contributed by atoms with Crippen LogP contribution in [0.5, 0.6) is 11.5 Å². The first-order valence-electron chi connectivity index (χ1n) is 17.2. The molecule has 11 nitrogen and oxygen atoms in total. The predicted molar refractivity (Wildman–Crippen MR) is 197 cm³/mol. The molecule has 11 heteroatoms. The van der Waals surface area contributed by atoms with E-state index in [1.165, 1.54) is 12.1 Å². The van der Waals surface area contributed by atoms with Gasteiger partial charge in [-0.05, 0) is 85.6 Å². The minimum atomic E-state index is -0.0715. The molecule has 0 aliphatic rings. The second-order valence-electron chi connectivity index (χ2n) is 12.0. The average Bonchev–Trinajstić information content (AvgIpc) is 3.64. The van der Waals surface area contributed by atoms with Crippen LogP contribution in [-0.2, 0) is 22.4 Å². The lowest BCUT2D eigenvalue weighted by Gasteiger charge is -2.09. The van der Waals surface area contributed by atoms with E-state index in [9.17, 15) is 9.59 Å². The summed E-state index contributed by atoms with van der Waals surface area (Å²) in [6.07, 6.45) is 3.45. The number of aryl methyl sites for hydroxylation is 1. The van der Waals surface area contributed by atoms with Crippen molar-refractivity contribution in [3.8, 4) is 34.1 Å². The van der Waals surface area contributed by atoms with Gasteiger partial charge in [0, 0.05) is 29.5 Å². The zero-order valence-corrected chi connectivity index (χ0v) is 28.4. The molecule has 0 aliphatic carbocycles. The second kappa shape index (κ2) is 16.8. The van der Waals surface area contributed by atoms with Crippen molar-refractivity contribution in [1.82, 2.24) is 15.0 Å². The van der Waals surface area contributed by atoms with Gasteiger partial charge in [0.15, 0.2) is 10.9 Å². The van der Waals surface area contributed by atoms with Gasteiger partial charge in [-0.1, -0.05) is 29.5 Å². The normalized spacial score (nSPS) is 11.3. The molecule has 4 aromatic carbocycles. The molecule has 0 amide bonds. The summed E-state index contributed by atoms with van der Waals surface area (Å²) < 4.78 is 36.6. The maximum absolute atomic E-state index is 12.4. The Balaban J connectivity index is 0.734. The molecule has 0 N–H and O–H groups in total. The van der Waals surface area contributed by atoms with Crippen molar-refractivity contribution in [2.24, 2.45) is 0 Å². The number of hydrogen-bond donors (Lipinski definition) is 0. The van der Waals surface area contributed by atoms with Gasteiger partial charge in [0.25, 0.3) is 0 Å². The minimum Gasteiger partial charge on any atom is -0.494 e. The smallest absolute Gasteiger partial charge is 0.193 e. The fourth-order valence-corrected chi connectivity index (χ4v) is 5.63. The SMILES string of the molecule is O=c1cc(-c2ccc(OCCCc3cn(CCOCCOCCOc4ccc(-c5cc(=O)c6ccccc6o5)cc4)nn3)cc2)oc2ccccc12. The molecule has 0 spiro atoms. The molecule has 0 unspecified atom stereocenters. The summed E-state index contributed by atoms with van der Waals surface area (Å²) in [5, 5.41) is 9.57. The Hall–Kier alpha value is -6.04. The van der Waals surface area contributed by atoms with Gasteiger partial charge in [-0.3, -0.25) is 9.59 Å². The highest BCUT2D eigenvalue weighted by Gasteiger charge is 2.09. The molecule has 3 aromatic heterocycles. The monoisotopic (exact) mass is 699 g/mol. The average molecular weight is 700 g/mol. The van der Waals surface area contributed by atoms with E-state index in [0.29, 0.717) is 85.4 Å². The topological polar surface area (TPSA) is 128 Å². The van der Waals surface area contributed by atoms with Gasteiger partial charge in [-0.15, -0.1) is 5.10 Å². The van der Waals surface area contributed by atoms with Crippen LogP contribution >= 0.6 is 0 Å². The third-order valence-electron chi connectivity index (χ3n) is 8.31. The highest BCUT2D eigenvalue weighted by molar-refractivity contribution is 5.79. The Kier molecular flexibility index (Phi) is 11.1. The van der Waals surface area contributed by atoms with Gasteiger partial charge < -0.3 is 27.8 Å². The van der Waals surface area contributed by atoms with E-state index in [4.69, 9.17) is 27.8 Å². The third kappa shape index (κ3) is 8.81. The van der Waals surface area contributed by atoms with Crippen LogP contribution in [0.15, 0.2) is 134 Å². The molecule has 0 radical (unpaired) electrons. The molecule has 0 saturated carbocycles. The summed E-state index contributed by atoms with van der Waals surface area (Å²) in [7, 11) is 0. The molecular formula is C41H37N3O8. The van der Waals surface area contributed by atoms with Crippen molar-refractivity contribution in [1.29, 1.82) is 0 Å². The fraction of sp³-hybridized carbons (Fsp3) is 0.220. The molecule has 7 aromatic rings. The molecule has 7 rings (SSSR count). The minimum absolute atomic E-state index is 0.0665. The zero-order chi connectivity index (χ0) is 35.5. The molecule has 0 atom stereocenters. The highest BCUT2D eigenvalue weighted by atomic mass is 16.5. The number of benzene rings is 4. The third-order valence-corrected chi connectivity index (χ3v) is 8.31. The first-order chi connectivity index (χ1) is 25.6. The van der Waals surface area contributed by atoms with Gasteiger partial charge in [-0.25, -0.2) is 4.68 Å². The van der Waals surface area contributed by atoms with Crippen LogP contribution in [0.2, 0.25) is 0 Å². The van der Waals surface area contributed by atoms with Crippen LogP contribution in [0.4, 0.5) is 0 Å². The molecule has 0 aliphatic heterocycles. The molecule has 52 heavy (non-hydrogen) atoms. The van der Waals surface area contributed by atoms with E-state index in [1.54, 1.807) is 28.9 Å². The van der Waals surface area contributed by atoms with Crippen LogP contribution in [0.3, 0.4) is 0 Å². The van der Waals surface area contributed by atoms with Gasteiger partial charge in [0.1, 0.15) is 40.8 Å². The van der Waals surface area contributed by atoms with Gasteiger partial charge in [-0.2, -0.15) is 0 Å². The van der Waals surface area contributed by atoms with E-state index < -0.39 is 0 Å². The summed E-state index contributed by atoms with van der Waals surface area (Å²) in [6, 6.07) is 32.4. The van der Waals surface area contributed by atoms with Gasteiger partial charge in [0.05, 0.1) is 56.0 Å². The predicted octanol–water partition coefficient (Wildman–Crippen LogP) is 6.95. The van der Waals surface area contributed by atoms with Crippen LogP contribution in [0, 0.1) is 0 Å². The molecule has 0 fully saturated rings. The Morgan fingerprint density at radius 3 is 1.69 bits per heavy atom. The standard InChI is InChI=1S/C41H37N3O8/c45-36-26-40(51-38-9-3-1-7-34(36)38)29-11-15-32(16-12-29)49-20-5-6-31-28-44(43-42-31)19-21-47-22-23-48-24-25-50-33-17-13-30(14-18-33)41-27-37(46)35-8-2-4-10-39(35)52-41/h1-4,7-18,26-28H,5-6,19-25H2. The van der Waals surface area contributed by atoms with Crippen LogP contribution in [0.25, 0.3) is 44.6 Å². The number of hydrogen-bond acceptors (Lipinski definition) is 10. The Morgan fingerprint density at radius 2 is 1.10 bits per heavy atom. The molecule has 3 heterocycles. The number of nitrogens with zero attached hydrogens (tertiary/aromatic N) is 3. The van der Waals surface area contributed by atoms with Crippen molar-refractivity contribution >= 4 is 21.9 Å². The summed E-state index contributed by atoms with van der Waals surface area (Å²) in [6.45, 7) is 3.36. The van der Waals surface area contributed by atoms with Crippen molar-refractivity contribution in [2.45, 2.75) is 19.4 Å². The lowest BCUT2D eigenvalue weighted by Crippen LogP contribution is -2.13. The summed E-state index contributed by atoms with van der Waals surface area (Å²) in [5.41, 5.74) is 3.49. The number of aromatic nitrogens is 3. The van der Waals surface area contributed by atoms with Crippen molar-refractivity contribution in [2.75, 3.05) is 39.6 Å². The van der Waals surface area contributed by atoms with E-state index >= 15 is 0 Å². The Bertz CT molecular complexity index is 2350. The number of rotatable bonds is 17. The van der Waals surface area contributed by atoms with Crippen LogP contribution in [-0.4, -0.2) is 54.6 Å². The Labute approximate surface area is 298 Å². The van der Waals surface area contributed by atoms with Crippen LogP contribution < -0.4 is 20.3 Å².